The first-order valence-corrected chi connectivity index (χ1v) is 9.24. The molecule has 0 saturated heterocycles. The first-order chi connectivity index (χ1) is 10.5. The van der Waals surface area contributed by atoms with Gasteiger partial charge in [0.15, 0.2) is 0 Å². The van der Waals surface area contributed by atoms with E-state index in [4.69, 9.17) is 0 Å². The predicted molar refractivity (Wildman–Crippen MR) is 86.0 cm³/mol. The molecule has 1 aromatic rings. The molecule has 0 aromatic carbocycles. The summed E-state index contributed by atoms with van der Waals surface area (Å²) in [7, 11) is -4.00. The average Bonchev–Trinajstić information content (AvgIpc) is 2.96. The lowest BCUT2D eigenvalue weighted by Crippen LogP contribution is -2.28. The van der Waals surface area contributed by atoms with Crippen molar-refractivity contribution in [3.63, 3.8) is 0 Å². The highest BCUT2D eigenvalue weighted by Crippen LogP contribution is 2.38. The Morgan fingerprint density at radius 3 is 2.09 bits per heavy atom. The molecule has 0 aliphatic heterocycles. The number of phosphoric acid groups is 1. The van der Waals surface area contributed by atoms with Gasteiger partial charge in [-0.2, -0.15) is 0 Å². The van der Waals surface area contributed by atoms with Crippen LogP contribution in [-0.4, -0.2) is 17.8 Å². The highest BCUT2D eigenvalue weighted by molar-refractivity contribution is 7.45. The Balaban J connectivity index is 0.000000425. The van der Waals surface area contributed by atoms with Crippen LogP contribution in [0.3, 0.4) is 0 Å². The number of aryl methyl sites for hydroxylation is 1. The van der Waals surface area contributed by atoms with Gasteiger partial charge >= 0.3 is 0 Å². The molecule has 1 aromatic heterocycles. The normalized spacial score (nSPS) is 10.9. The second-order valence-electron chi connectivity index (χ2n) is 4.69. The van der Waals surface area contributed by atoms with Crippen LogP contribution < -0.4 is 9.46 Å². The summed E-state index contributed by atoms with van der Waals surface area (Å²) in [6.45, 7) is 11.1. The second kappa shape index (κ2) is 12.6. The Hall–Kier alpha value is -0.940. The van der Waals surface area contributed by atoms with Crippen molar-refractivity contribution in [2.75, 3.05) is 13.2 Å². The second-order valence-corrected chi connectivity index (χ2v) is 6.11. The summed E-state index contributed by atoms with van der Waals surface area (Å²) >= 11 is 0. The third-order valence-corrected chi connectivity index (χ3v) is 3.78. The molecule has 0 atom stereocenters. The monoisotopic (exact) mass is 332 g/mol. The molecule has 0 amide bonds. The van der Waals surface area contributed by atoms with Crippen LogP contribution in [0.25, 0.3) is 6.20 Å². The number of hydrogen-bond donors (Lipinski definition) is 0. The summed E-state index contributed by atoms with van der Waals surface area (Å²) in [5.41, 5.74) is 0. The summed E-state index contributed by atoms with van der Waals surface area (Å²) in [4.78, 5) is 11.0. The maximum Gasteiger partial charge on any atom is 0.267 e. The predicted octanol–water partition coefficient (Wildman–Crippen LogP) is 2.98. The van der Waals surface area contributed by atoms with E-state index >= 15 is 0 Å². The van der Waals surface area contributed by atoms with E-state index in [1.807, 2.05) is 37.1 Å². The van der Waals surface area contributed by atoms with E-state index in [1.165, 1.54) is 0 Å². The van der Waals surface area contributed by atoms with Gasteiger partial charge in [-0.15, -0.1) is 0 Å². The van der Waals surface area contributed by atoms with E-state index in [-0.39, 0.29) is 13.2 Å². The van der Waals surface area contributed by atoms with Gasteiger partial charge in [0, 0.05) is 0 Å². The van der Waals surface area contributed by atoms with Crippen LogP contribution in [0.5, 0.6) is 0 Å². The highest BCUT2D eigenvalue weighted by atomic mass is 31.2. The maximum absolute atomic E-state index is 11.0. The van der Waals surface area contributed by atoms with Crippen LogP contribution in [0.4, 0.5) is 0 Å². The third-order valence-electron chi connectivity index (χ3n) is 2.78. The molecule has 0 N–H and O–H groups in total. The number of imidazole rings is 1. The van der Waals surface area contributed by atoms with E-state index in [0.717, 1.165) is 32.2 Å². The molecule has 0 fully saturated rings. The van der Waals surface area contributed by atoms with Crippen LogP contribution in [-0.2, 0) is 20.2 Å². The Bertz CT molecular complexity index is 435. The molecule has 0 saturated carbocycles. The first-order valence-electron chi connectivity index (χ1n) is 7.78. The van der Waals surface area contributed by atoms with Crippen molar-refractivity contribution in [2.45, 2.75) is 53.0 Å². The minimum absolute atomic E-state index is 0.226. The average molecular weight is 332 g/mol. The van der Waals surface area contributed by atoms with Crippen molar-refractivity contribution in [1.29, 1.82) is 0 Å². The molecular weight excluding hydrogens is 303 g/mol. The molecule has 7 heteroatoms. The smallest absolute Gasteiger partial charge is 0.267 e. The topological polar surface area (TPSA) is 67.4 Å². The fourth-order valence-corrected chi connectivity index (χ4v) is 2.16. The molecule has 1 rings (SSSR count). The molecule has 1 heterocycles. The van der Waals surface area contributed by atoms with Crippen molar-refractivity contribution in [3.8, 4) is 0 Å². The van der Waals surface area contributed by atoms with Gasteiger partial charge in [-0.1, -0.05) is 33.3 Å². The van der Waals surface area contributed by atoms with Gasteiger partial charge in [0.2, 0.25) is 6.33 Å². The Labute approximate surface area is 134 Å². The largest absolute Gasteiger partial charge is 0.756 e. The van der Waals surface area contributed by atoms with Crippen LogP contribution in [0, 0.1) is 0 Å². The molecular formula is C15H29N2O4P. The van der Waals surface area contributed by atoms with Gasteiger partial charge in [-0.05, 0) is 19.8 Å². The number of phosphoric ester groups is 1. The van der Waals surface area contributed by atoms with Crippen molar-refractivity contribution >= 4 is 14.0 Å². The zero-order chi connectivity index (χ0) is 16.8. The molecule has 0 radical (unpaired) electrons. The van der Waals surface area contributed by atoms with E-state index in [1.54, 1.807) is 6.20 Å². The Kier molecular flexibility index (Phi) is 12.1. The van der Waals surface area contributed by atoms with Crippen molar-refractivity contribution in [1.82, 2.24) is 4.57 Å². The van der Waals surface area contributed by atoms with E-state index in [9.17, 15) is 9.46 Å². The van der Waals surface area contributed by atoms with Gasteiger partial charge in [0.1, 0.15) is 12.4 Å². The summed E-state index contributed by atoms with van der Waals surface area (Å²) < 4.78 is 24.2. The van der Waals surface area contributed by atoms with Crippen LogP contribution in [0.15, 0.2) is 25.3 Å². The molecule has 128 valence electrons. The number of unbranched alkanes of at least 4 members (excludes halogenated alkanes) is 2. The van der Waals surface area contributed by atoms with Crippen molar-refractivity contribution in [2.24, 2.45) is 0 Å². The minimum Gasteiger partial charge on any atom is -0.756 e. The van der Waals surface area contributed by atoms with Gasteiger partial charge < -0.3 is 13.9 Å². The molecule has 0 aliphatic carbocycles. The van der Waals surface area contributed by atoms with Crippen molar-refractivity contribution in [3.05, 3.63) is 25.3 Å². The quantitative estimate of drug-likeness (QED) is 0.375. The molecule has 6 nitrogen and oxygen atoms in total. The molecule has 0 bridgehead atoms. The molecule has 0 unspecified atom stereocenters. The summed E-state index contributed by atoms with van der Waals surface area (Å²) in [5, 5.41) is 0. The zero-order valence-electron chi connectivity index (χ0n) is 13.9. The lowest BCUT2D eigenvalue weighted by molar-refractivity contribution is -0.692. The Morgan fingerprint density at radius 1 is 1.23 bits per heavy atom. The SMILES string of the molecule is C=Cn1cc[n+](CC)c1.CCCCOP(=O)([O-])OCCCC. The van der Waals surface area contributed by atoms with Gasteiger partial charge in [0.05, 0.1) is 26.0 Å². The van der Waals surface area contributed by atoms with E-state index < -0.39 is 7.82 Å². The van der Waals surface area contributed by atoms with Crippen LogP contribution in [0.1, 0.15) is 46.5 Å². The third kappa shape index (κ3) is 10.7. The number of aromatic nitrogens is 2. The number of rotatable bonds is 10. The van der Waals surface area contributed by atoms with Crippen LogP contribution in [0.2, 0.25) is 0 Å². The minimum atomic E-state index is -4.00. The van der Waals surface area contributed by atoms with E-state index in [2.05, 4.69) is 27.1 Å². The maximum atomic E-state index is 11.0. The number of hydrogen-bond acceptors (Lipinski definition) is 4. The lowest BCUT2D eigenvalue weighted by atomic mass is 10.4. The first kappa shape index (κ1) is 21.1. The molecule has 0 spiro atoms. The van der Waals surface area contributed by atoms with Crippen LogP contribution >= 0.6 is 7.82 Å². The summed E-state index contributed by atoms with van der Waals surface area (Å²) in [6, 6.07) is 0. The van der Waals surface area contributed by atoms with Gasteiger partial charge in [-0.3, -0.25) is 4.57 Å². The summed E-state index contributed by atoms with van der Waals surface area (Å²) in [6.07, 6.45) is 11.0. The molecule has 22 heavy (non-hydrogen) atoms. The lowest BCUT2D eigenvalue weighted by Gasteiger charge is -2.22. The summed E-state index contributed by atoms with van der Waals surface area (Å²) in [5.74, 6) is 0. The van der Waals surface area contributed by atoms with Gasteiger partial charge in [-0.25, -0.2) is 9.13 Å². The molecule has 0 aliphatic rings. The Morgan fingerprint density at radius 2 is 1.77 bits per heavy atom. The zero-order valence-corrected chi connectivity index (χ0v) is 14.8. The van der Waals surface area contributed by atoms with Crippen molar-refractivity contribution < 1.29 is 23.1 Å². The van der Waals surface area contributed by atoms with E-state index in [0.29, 0.717) is 0 Å². The standard InChI is InChI=1S/C8H19O4P.C7H11N2/c1-3-5-7-11-13(9,10)12-8-6-4-2;1-3-8-5-6-9(4-2)7-8/h3-8H2,1-2H3,(H,9,10);3,5-7H,1,4H2,2H3/q;+1/p-1. The highest BCUT2D eigenvalue weighted by Gasteiger charge is 2.07. The number of nitrogens with zero attached hydrogens (tertiary/aromatic N) is 2. The fraction of sp³-hybridized carbons (Fsp3) is 0.667. The van der Waals surface area contributed by atoms with Gasteiger partial charge in [0.25, 0.3) is 7.82 Å². The fourth-order valence-electron chi connectivity index (χ4n) is 1.38.